The van der Waals surface area contributed by atoms with Gasteiger partial charge in [-0.15, -0.1) is 0 Å². The summed E-state index contributed by atoms with van der Waals surface area (Å²) in [5.41, 5.74) is 0.0697. The second-order valence-corrected chi connectivity index (χ2v) is 13.8. The Bertz CT molecular complexity index is 1250. The predicted molar refractivity (Wildman–Crippen MR) is 179 cm³/mol. The van der Waals surface area contributed by atoms with E-state index >= 15 is 0 Å². The molecule has 2 aliphatic carbocycles. The summed E-state index contributed by atoms with van der Waals surface area (Å²) in [6.45, 7) is 9.36. The Morgan fingerprint density at radius 2 is 1.61 bits per heavy atom. The maximum absolute atomic E-state index is 13.6. The van der Waals surface area contributed by atoms with E-state index in [2.05, 4.69) is 36.6 Å². The molecule has 3 rings (SSSR count). The van der Waals surface area contributed by atoms with Crippen LogP contribution in [0.15, 0.2) is 18.6 Å². The molecule has 1 heterocycles. The Kier molecular flexibility index (Phi) is 15.8. The third-order valence-electron chi connectivity index (χ3n) is 9.06. The molecular formula is C34H55N7O8. The molecule has 2 fully saturated rings. The Morgan fingerprint density at radius 1 is 0.918 bits per heavy atom. The van der Waals surface area contributed by atoms with Crippen LogP contribution in [0.3, 0.4) is 0 Å². The molecule has 2 aliphatic rings. The number of hydrogen-bond acceptors (Lipinski definition) is 10. The van der Waals surface area contributed by atoms with Gasteiger partial charge in [0.2, 0.25) is 17.7 Å². The van der Waals surface area contributed by atoms with E-state index in [0.717, 1.165) is 12.8 Å². The summed E-state index contributed by atoms with van der Waals surface area (Å²) in [6.07, 6.45) is 6.83. The number of aliphatic hydroxyl groups excluding tert-OH is 1. The maximum atomic E-state index is 13.6. The summed E-state index contributed by atoms with van der Waals surface area (Å²) in [7, 11) is 1.52. The van der Waals surface area contributed by atoms with Crippen molar-refractivity contribution < 1.29 is 38.6 Å². The molecule has 3 unspecified atom stereocenters. The zero-order valence-electron chi connectivity index (χ0n) is 29.6. The van der Waals surface area contributed by atoms with E-state index in [-0.39, 0.29) is 67.2 Å². The molecule has 0 spiro atoms. The topological polar surface area (TPSA) is 210 Å². The highest BCUT2D eigenvalue weighted by molar-refractivity contribution is 5.97. The van der Waals surface area contributed by atoms with Gasteiger partial charge in [-0.1, -0.05) is 41.0 Å². The van der Waals surface area contributed by atoms with Crippen molar-refractivity contribution in [2.24, 2.45) is 23.7 Å². The third kappa shape index (κ3) is 12.3. The Hall–Kier alpha value is -3.69. The van der Waals surface area contributed by atoms with Crippen LogP contribution in [0.5, 0.6) is 0 Å². The van der Waals surface area contributed by atoms with Crippen LogP contribution < -0.4 is 26.6 Å². The summed E-state index contributed by atoms with van der Waals surface area (Å²) < 4.78 is 11.1. The normalized spacial score (nSPS) is 21.4. The molecule has 7 atom stereocenters. The van der Waals surface area contributed by atoms with E-state index in [9.17, 15) is 29.1 Å². The van der Waals surface area contributed by atoms with E-state index < -0.39 is 47.9 Å². The molecule has 6 N–H and O–H groups in total. The van der Waals surface area contributed by atoms with Crippen molar-refractivity contribution in [2.75, 3.05) is 20.4 Å². The van der Waals surface area contributed by atoms with Gasteiger partial charge in [-0.2, -0.15) is 0 Å². The van der Waals surface area contributed by atoms with Crippen molar-refractivity contribution >= 4 is 29.5 Å². The number of carbonyl (C=O) groups excluding carboxylic acids is 5. The summed E-state index contributed by atoms with van der Waals surface area (Å²) in [5, 5.41) is 24.8. The van der Waals surface area contributed by atoms with Crippen molar-refractivity contribution in [1.29, 1.82) is 0 Å². The predicted octanol–water partition coefficient (Wildman–Crippen LogP) is 0.818. The number of nitrogens with zero attached hydrogens (tertiary/aromatic N) is 2. The maximum Gasteiger partial charge on any atom is 0.272 e. The van der Waals surface area contributed by atoms with E-state index in [1.54, 1.807) is 13.8 Å². The molecule has 0 aliphatic heterocycles. The lowest BCUT2D eigenvalue weighted by atomic mass is 9.90. The second-order valence-electron chi connectivity index (χ2n) is 13.8. The Morgan fingerprint density at radius 3 is 2.20 bits per heavy atom. The smallest absolute Gasteiger partial charge is 0.272 e. The number of aliphatic hydroxyl groups is 1. The van der Waals surface area contributed by atoms with Gasteiger partial charge in [0.05, 0.1) is 18.3 Å². The molecular weight excluding hydrogens is 634 g/mol. The van der Waals surface area contributed by atoms with Crippen LogP contribution in [-0.2, 0) is 28.7 Å². The van der Waals surface area contributed by atoms with E-state index in [1.165, 1.54) is 25.7 Å². The number of methoxy groups -OCH3 is 1. The van der Waals surface area contributed by atoms with Gasteiger partial charge < -0.3 is 41.2 Å². The minimum Gasteiger partial charge on any atom is -0.381 e. The summed E-state index contributed by atoms with van der Waals surface area (Å²) >= 11 is 0. The molecule has 0 radical (unpaired) electrons. The number of hydrogen-bond donors (Lipinski definition) is 6. The number of carbonyl (C=O) groups is 5. The number of ether oxygens (including phenoxy) is 2. The lowest BCUT2D eigenvalue weighted by molar-refractivity contribution is -0.133. The first-order chi connectivity index (χ1) is 23.4. The van der Waals surface area contributed by atoms with Gasteiger partial charge in [-0.05, 0) is 49.9 Å². The van der Waals surface area contributed by atoms with Crippen LogP contribution in [0.1, 0.15) is 90.1 Å². The molecule has 5 amide bonds. The molecule has 0 bridgehead atoms. The average Bonchev–Trinajstić information content (AvgIpc) is 3.81. The second kappa shape index (κ2) is 19.5. The minimum atomic E-state index is -1.35. The van der Waals surface area contributed by atoms with E-state index in [0.29, 0.717) is 25.7 Å². The van der Waals surface area contributed by atoms with Crippen molar-refractivity contribution in [3.05, 3.63) is 24.3 Å². The summed E-state index contributed by atoms with van der Waals surface area (Å²) in [4.78, 5) is 73.3. The van der Waals surface area contributed by atoms with Gasteiger partial charge in [-0.25, -0.2) is 4.98 Å². The van der Waals surface area contributed by atoms with Crippen LogP contribution in [-0.4, -0.2) is 101 Å². The highest BCUT2D eigenvalue weighted by Crippen LogP contribution is 2.36. The first-order valence-electron chi connectivity index (χ1n) is 17.4. The third-order valence-corrected chi connectivity index (χ3v) is 9.06. The van der Waals surface area contributed by atoms with Crippen molar-refractivity contribution in [1.82, 2.24) is 36.6 Å². The van der Waals surface area contributed by atoms with Crippen molar-refractivity contribution in [3.63, 3.8) is 0 Å². The largest absolute Gasteiger partial charge is 0.381 e. The summed E-state index contributed by atoms with van der Waals surface area (Å²) in [5.74, 6) is -3.19. The molecule has 1 aromatic heterocycles. The Labute approximate surface area is 288 Å². The van der Waals surface area contributed by atoms with Crippen LogP contribution in [0.2, 0.25) is 0 Å². The van der Waals surface area contributed by atoms with Crippen LogP contribution in [0.25, 0.3) is 0 Å². The number of amides is 5. The van der Waals surface area contributed by atoms with Crippen LogP contribution >= 0.6 is 0 Å². The molecule has 2 saturated carbocycles. The van der Waals surface area contributed by atoms with Gasteiger partial charge in [0.15, 0.2) is 6.10 Å². The Balaban J connectivity index is 1.64. The highest BCUT2D eigenvalue weighted by atomic mass is 16.7. The van der Waals surface area contributed by atoms with E-state index in [1.807, 2.05) is 20.8 Å². The van der Waals surface area contributed by atoms with Crippen LogP contribution in [0.4, 0.5) is 0 Å². The molecule has 15 heteroatoms. The minimum absolute atomic E-state index is 0.0520. The van der Waals surface area contributed by atoms with Gasteiger partial charge in [-0.3, -0.25) is 29.0 Å². The number of nitrogens with one attached hydrogen (secondary N) is 5. The van der Waals surface area contributed by atoms with Gasteiger partial charge in [0.1, 0.15) is 24.6 Å². The molecule has 15 nitrogen and oxygen atoms in total. The zero-order valence-corrected chi connectivity index (χ0v) is 29.6. The summed E-state index contributed by atoms with van der Waals surface area (Å²) in [6, 6.07) is -2.45. The van der Waals surface area contributed by atoms with Gasteiger partial charge >= 0.3 is 0 Å². The molecule has 274 valence electrons. The lowest BCUT2D eigenvalue weighted by Crippen LogP contribution is -2.57. The van der Waals surface area contributed by atoms with Crippen LogP contribution in [0, 0.1) is 23.7 Å². The monoisotopic (exact) mass is 689 g/mol. The first-order valence-corrected chi connectivity index (χ1v) is 17.4. The lowest BCUT2D eigenvalue weighted by Gasteiger charge is -2.29. The van der Waals surface area contributed by atoms with Gasteiger partial charge in [0.25, 0.3) is 11.8 Å². The first kappa shape index (κ1) is 39.7. The van der Waals surface area contributed by atoms with Gasteiger partial charge in [0, 0.05) is 44.4 Å². The molecule has 0 saturated heterocycles. The average molecular weight is 690 g/mol. The highest BCUT2D eigenvalue weighted by Gasteiger charge is 2.40. The number of aromatic nitrogens is 2. The molecule has 1 aromatic rings. The number of rotatable bonds is 20. The fraction of sp³-hybridized carbons (Fsp3) is 0.735. The zero-order chi connectivity index (χ0) is 36.1. The van der Waals surface area contributed by atoms with Crippen molar-refractivity contribution in [3.8, 4) is 0 Å². The molecule has 0 aromatic carbocycles. The fourth-order valence-corrected chi connectivity index (χ4v) is 6.12. The molecule has 49 heavy (non-hydrogen) atoms. The fourth-order valence-electron chi connectivity index (χ4n) is 6.12. The quantitative estimate of drug-likeness (QED) is 0.106. The van der Waals surface area contributed by atoms with Crippen molar-refractivity contribution in [2.45, 2.75) is 116 Å². The SMILES string of the molecule is CCCC(NC(=O)C[C@H]1CCC(OCOC)[C@H]1CNC(=O)[C@@H](NC(=O)[C@H](NC(=O)c1cnccn1)C(C)C)C(C)C)C(O)C(=O)NC1CC1. The standard InChI is InChI=1S/C34H55N7O8/c1-7-8-24(30(43)34(47)38-22-10-11-22)39-27(42)15-21-9-12-26(49-18-48-6)23(21)16-37-32(45)28(19(2)3)41-33(46)29(20(4)5)40-31(44)25-17-35-13-14-36-25/h13-14,17,19-24,26,28-30,43H,7-12,15-16,18H2,1-6H3,(H,37,45)(H,38,47)(H,39,42)(H,40,44)(H,41,46)/t21-,23+,24?,26?,28+,29-,30?/m1/s1. The van der Waals surface area contributed by atoms with E-state index in [4.69, 9.17) is 9.47 Å².